The zero-order valence-corrected chi connectivity index (χ0v) is 15.3. The first-order valence-electron chi connectivity index (χ1n) is 8.73. The van der Waals surface area contributed by atoms with E-state index in [1.807, 2.05) is 73.7 Å². The van der Waals surface area contributed by atoms with Gasteiger partial charge in [0, 0.05) is 12.2 Å². The molecule has 0 aliphatic heterocycles. The van der Waals surface area contributed by atoms with E-state index in [-0.39, 0.29) is 5.91 Å². The molecule has 0 aromatic heterocycles. The first-order chi connectivity index (χ1) is 12.6. The summed E-state index contributed by atoms with van der Waals surface area (Å²) < 4.78 is 11.2. The maximum atomic E-state index is 12.8. The summed E-state index contributed by atoms with van der Waals surface area (Å²) in [4.78, 5) is 14.6. The van der Waals surface area contributed by atoms with Crippen molar-refractivity contribution in [1.29, 1.82) is 0 Å². The second-order valence-electron chi connectivity index (χ2n) is 6.05. The topological polar surface area (TPSA) is 38.8 Å². The van der Waals surface area contributed by atoms with Gasteiger partial charge in [-0.2, -0.15) is 0 Å². The highest BCUT2D eigenvalue weighted by Gasteiger charge is 2.22. The molecule has 3 aromatic carbocycles. The van der Waals surface area contributed by atoms with Crippen LogP contribution in [0.5, 0.6) is 11.5 Å². The fourth-order valence-electron chi connectivity index (χ4n) is 2.95. The van der Waals surface area contributed by atoms with E-state index in [1.165, 1.54) is 0 Å². The predicted molar refractivity (Wildman–Crippen MR) is 105 cm³/mol. The fourth-order valence-corrected chi connectivity index (χ4v) is 2.95. The minimum Gasteiger partial charge on any atom is -0.497 e. The zero-order valence-electron chi connectivity index (χ0n) is 15.3. The molecule has 3 rings (SSSR count). The van der Waals surface area contributed by atoms with Crippen LogP contribution in [0.25, 0.3) is 10.8 Å². The number of likely N-dealkylation sites (N-methyl/N-ethyl adjacent to an activating group) is 1. The monoisotopic (exact) mass is 349 g/mol. The van der Waals surface area contributed by atoms with Gasteiger partial charge in [0.15, 0.2) is 6.10 Å². The predicted octanol–water partition coefficient (Wildman–Crippen LogP) is 4.67. The number of rotatable bonds is 6. The molecule has 0 N–H and O–H groups in total. The molecule has 1 atom stereocenters. The number of benzene rings is 3. The van der Waals surface area contributed by atoms with Crippen LogP contribution in [0.4, 0.5) is 5.69 Å². The number of amides is 1. The lowest BCUT2D eigenvalue weighted by atomic mass is 10.1. The standard InChI is InChI=1S/C22H23NO3/c1-4-23(19-8-6-5-7-9-19)22(24)16(2)26-21-13-11-17-10-12-20(25-3)14-18(17)15-21/h5-16H,4H2,1-3H3/t16-/m0/s1. The number of ether oxygens (including phenoxy) is 2. The Morgan fingerprint density at radius 2 is 1.62 bits per heavy atom. The number of methoxy groups -OCH3 is 1. The smallest absolute Gasteiger partial charge is 0.267 e. The molecule has 0 aliphatic rings. The average Bonchev–Trinajstić information content (AvgIpc) is 2.68. The van der Waals surface area contributed by atoms with Gasteiger partial charge in [-0.3, -0.25) is 4.79 Å². The highest BCUT2D eigenvalue weighted by molar-refractivity contribution is 5.96. The Morgan fingerprint density at radius 3 is 2.27 bits per heavy atom. The summed E-state index contributed by atoms with van der Waals surface area (Å²) in [6, 6.07) is 21.3. The number of hydrogen-bond acceptors (Lipinski definition) is 3. The molecule has 0 spiro atoms. The Hall–Kier alpha value is -3.01. The molecule has 134 valence electrons. The number of carbonyl (C=O) groups excluding carboxylic acids is 1. The van der Waals surface area contributed by atoms with Crippen LogP contribution in [-0.2, 0) is 4.79 Å². The van der Waals surface area contributed by atoms with Crippen LogP contribution >= 0.6 is 0 Å². The molecule has 4 nitrogen and oxygen atoms in total. The van der Waals surface area contributed by atoms with Crippen molar-refractivity contribution in [2.75, 3.05) is 18.6 Å². The molecule has 4 heteroatoms. The molecule has 0 saturated carbocycles. The fraction of sp³-hybridized carbons (Fsp3) is 0.227. The number of anilines is 1. The third kappa shape index (κ3) is 3.80. The van der Waals surface area contributed by atoms with E-state index in [4.69, 9.17) is 9.47 Å². The van der Waals surface area contributed by atoms with Gasteiger partial charge in [-0.05, 0) is 61.0 Å². The van der Waals surface area contributed by atoms with Crippen molar-refractivity contribution in [3.63, 3.8) is 0 Å². The van der Waals surface area contributed by atoms with Gasteiger partial charge in [0.1, 0.15) is 11.5 Å². The molecule has 0 fully saturated rings. The lowest BCUT2D eigenvalue weighted by molar-refractivity contribution is -0.124. The molecule has 0 aliphatic carbocycles. The summed E-state index contributed by atoms with van der Waals surface area (Å²) in [5.41, 5.74) is 0.874. The largest absolute Gasteiger partial charge is 0.497 e. The van der Waals surface area contributed by atoms with Gasteiger partial charge in [-0.15, -0.1) is 0 Å². The van der Waals surface area contributed by atoms with E-state index in [0.29, 0.717) is 12.3 Å². The Kier molecular flexibility index (Phi) is 5.42. The summed E-state index contributed by atoms with van der Waals surface area (Å²) in [6.45, 7) is 4.33. The van der Waals surface area contributed by atoms with E-state index in [1.54, 1.807) is 18.9 Å². The minimum atomic E-state index is -0.585. The SMILES string of the molecule is CCN(C(=O)[C@H](C)Oc1ccc2ccc(OC)cc2c1)c1ccccc1. The first kappa shape index (κ1) is 17.8. The van der Waals surface area contributed by atoms with Crippen molar-refractivity contribution in [3.05, 3.63) is 66.7 Å². The summed E-state index contributed by atoms with van der Waals surface area (Å²) >= 11 is 0. The van der Waals surface area contributed by atoms with Crippen molar-refractivity contribution in [2.45, 2.75) is 20.0 Å². The van der Waals surface area contributed by atoms with E-state index >= 15 is 0 Å². The third-order valence-electron chi connectivity index (χ3n) is 4.33. The van der Waals surface area contributed by atoms with Gasteiger partial charge in [0.05, 0.1) is 7.11 Å². The lowest BCUT2D eigenvalue weighted by Gasteiger charge is -2.25. The van der Waals surface area contributed by atoms with Crippen LogP contribution in [0.2, 0.25) is 0 Å². The van der Waals surface area contributed by atoms with Crippen molar-refractivity contribution < 1.29 is 14.3 Å². The van der Waals surface area contributed by atoms with Gasteiger partial charge in [0.25, 0.3) is 5.91 Å². The van der Waals surface area contributed by atoms with Gasteiger partial charge in [-0.25, -0.2) is 0 Å². The van der Waals surface area contributed by atoms with Crippen molar-refractivity contribution >= 4 is 22.4 Å². The highest BCUT2D eigenvalue weighted by Crippen LogP contribution is 2.26. The van der Waals surface area contributed by atoms with Crippen LogP contribution < -0.4 is 14.4 Å². The third-order valence-corrected chi connectivity index (χ3v) is 4.33. The second-order valence-corrected chi connectivity index (χ2v) is 6.05. The number of fused-ring (bicyclic) bond motifs is 1. The van der Waals surface area contributed by atoms with Gasteiger partial charge >= 0.3 is 0 Å². The first-order valence-corrected chi connectivity index (χ1v) is 8.73. The Morgan fingerprint density at radius 1 is 0.962 bits per heavy atom. The molecule has 0 bridgehead atoms. The summed E-state index contributed by atoms with van der Waals surface area (Å²) in [7, 11) is 1.64. The summed E-state index contributed by atoms with van der Waals surface area (Å²) in [6.07, 6.45) is -0.585. The maximum absolute atomic E-state index is 12.8. The van der Waals surface area contributed by atoms with E-state index in [2.05, 4.69) is 0 Å². The highest BCUT2D eigenvalue weighted by atomic mass is 16.5. The Balaban J connectivity index is 1.79. The number of para-hydroxylation sites is 1. The van der Waals surface area contributed by atoms with E-state index < -0.39 is 6.10 Å². The van der Waals surface area contributed by atoms with Gasteiger partial charge in [0.2, 0.25) is 0 Å². The molecule has 0 radical (unpaired) electrons. The molecule has 1 amide bonds. The van der Waals surface area contributed by atoms with Crippen molar-refractivity contribution in [3.8, 4) is 11.5 Å². The molecule has 0 unspecified atom stereocenters. The number of carbonyl (C=O) groups is 1. The van der Waals surface area contributed by atoms with Crippen LogP contribution in [0.15, 0.2) is 66.7 Å². The van der Waals surface area contributed by atoms with Gasteiger partial charge < -0.3 is 14.4 Å². The van der Waals surface area contributed by atoms with Crippen LogP contribution in [-0.4, -0.2) is 25.7 Å². The van der Waals surface area contributed by atoms with Crippen molar-refractivity contribution in [2.24, 2.45) is 0 Å². The Labute approximate surface area is 154 Å². The zero-order chi connectivity index (χ0) is 18.5. The summed E-state index contributed by atoms with van der Waals surface area (Å²) in [5.74, 6) is 1.39. The number of nitrogens with zero attached hydrogens (tertiary/aromatic N) is 1. The lowest BCUT2D eigenvalue weighted by Crippen LogP contribution is -2.40. The normalized spacial score (nSPS) is 11.8. The minimum absolute atomic E-state index is 0.0653. The molecule has 0 saturated heterocycles. The van der Waals surface area contributed by atoms with Crippen LogP contribution in [0, 0.1) is 0 Å². The van der Waals surface area contributed by atoms with Crippen LogP contribution in [0.3, 0.4) is 0 Å². The van der Waals surface area contributed by atoms with Crippen LogP contribution in [0.1, 0.15) is 13.8 Å². The molecular formula is C22H23NO3. The number of hydrogen-bond donors (Lipinski definition) is 0. The van der Waals surface area contributed by atoms with E-state index in [0.717, 1.165) is 22.2 Å². The van der Waals surface area contributed by atoms with Gasteiger partial charge in [-0.1, -0.05) is 30.3 Å². The van der Waals surface area contributed by atoms with E-state index in [9.17, 15) is 4.79 Å². The Bertz CT molecular complexity index is 892. The quantitative estimate of drug-likeness (QED) is 0.649. The second kappa shape index (κ2) is 7.91. The molecular weight excluding hydrogens is 326 g/mol. The summed E-state index contributed by atoms with van der Waals surface area (Å²) in [5, 5.41) is 2.11. The van der Waals surface area contributed by atoms with Crippen molar-refractivity contribution in [1.82, 2.24) is 0 Å². The molecule has 3 aromatic rings. The molecule has 0 heterocycles. The maximum Gasteiger partial charge on any atom is 0.267 e. The molecule has 26 heavy (non-hydrogen) atoms. The average molecular weight is 349 g/mol.